The molecular formula is C26H31F3N2O5. The van der Waals surface area contributed by atoms with E-state index in [1.165, 1.54) is 0 Å². The molecule has 36 heavy (non-hydrogen) atoms. The number of para-hydroxylation sites is 2. The molecular weight excluding hydrogens is 477 g/mol. The number of alkyl halides is 3. The highest BCUT2D eigenvalue weighted by atomic mass is 19.4. The van der Waals surface area contributed by atoms with Crippen molar-refractivity contribution in [2.24, 2.45) is 5.92 Å². The maximum atomic E-state index is 12.8. The molecule has 3 fully saturated rings. The van der Waals surface area contributed by atoms with Gasteiger partial charge < -0.3 is 29.6 Å². The van der Waals surface area contributed by atoms with E-state index in [0.29, 0.717) is 18.2 Å². The normalized spacial score (nSPS) is 23.7. The highest BCUT2D eigenvalue weighted by molar-refractivity contribution is 5.80. The molecule has 3 aliphatic rings. The SMILES string of the molecule is C[C@H](C(=O)O[C@H]1C[N+]2(CCOc3ccccc3)CCC1CC2)c1ccccc1N.O=C([O-])C(F)(F)F. The van der Waals surface area contributed by atoms with Gasteiger partial charge in [0.05, 0.1) is 19.0 Å². The van der Waals surface area contributed by atoms with E-state index in [0.717, 1.165) is 54.8 Å². The number of anilines is 1. The number of esters is 1. The Hall–Kier alpha value is -3.27. The summed E-state index contributed by atoms with van der Waals surface area (Å²) in [7, 11) is 0. The number of hydrogen-bond acceptors (Lipinski definition) is 6. The standard InChI is InChI=1S/C24H31N2O3.C2HF3O2/c1-18(21-9-5-6-10-22(21)25)24(27)29-23-17-26(13-11-19(23)12-14-26)15-16-28-20-7-3-2-4-8-20;3-2(4,5)1(6)7/h2-10,18-19,23H,11-17,25H2,1H3;(H,6,7)/q+1;/p-1/t18-,19?,23-,26?;/m0./s1. The summed E-state index contributed by atoms with van der Waals surface area (Å²) in [4.78, 5) is 21.6. The molecule has 3 heterocycles. The van der Waals surface area contributed by atoms with E-state index in [4.69, 9.17) is 25.1 Å². The predicted octanol–water partition coefficient (Wildman–Crippen LogP) is 2.90. The maximum Gasteiger partial charge on any atom is 0.430 e. The van der Waals surface area contributed by atoms with Gasteiger partial charge in [-0.1, -0.05) is 36.4 Å². The van der Waals surface area contributed by atoms with E-state index in [-0.39, 0.29) is 18.0 Å². The smallest absolute Gasteiger partial charge is 0.430 e. The van der Waals surface area contributed by atoms with Crippen LogP contribution in [-0.2, 0) is 14.3 Å². The van der Waals surface area contributed by atoms with Crippen molar-refractivity contribution in [3.05, 3.63) is 60.2 Å². The van der Waals surface area contributed by atoms with Crippen molar-refractivity contribution in [3.63, 3.8) is 0 Å². The molecule has 2 aromatic rings. The van der Waals surface area contributed by atoms with E-state index < -0.39 is 12.1 Å². The van der Waals surface area contributed by atoms with E-state index in [2.05, 4.69) is 0 Å². The Morgan fingerprint density at radius 1 is 1.08 bits per heavy atom. The summed E-state index contributed by atoms with van der Waals surface area (Å²) in [5.74, 6) is -2.13. The lowest BCUT2D eigenvalue weighted by atomic mass is 9.83. The second kappa shape index (κ2) is 11.6. The van der Waals surface area contributed by atoms with Gasteiger partial charge in [0.1, 0.15) is 31.4 Å². The molecule has 10 heteroatoms. The van der Waals surface area contributed by atoms with Crippen LogP contribution in [0.25, 0.3) is 0 Å². The van der Waals surface area contributed by atoms with Crippen LogP contribution in [0.15, 0.2) is 54.6 Å². The fraction of sp³-hybridized carbons (Fsp3) is 0.462. The van der Waals surface area contributed by atoms with Gasteiger partial charge in [0.25, 0.3) is 0 Å². The number of piperidine rings is 3. The average molecular weight is 509 g/mol. The number of aliphatic carboxylic acids is 1. The fourth-order valence-electron chi connectivity index (χ4n) is 4.83. The summed E-state index contributed by atoms with van der Waals surface area (Å²) in [5.41, 5.74) is 7.54. The first-order valence-electron chi connectivity index (χ1n) is 11.9. The fourth-order valence-corrected chi connectivity index (χ4v) is 4.83. The summed E-state index contributed by atoms with van der Waals surface area (Å²) >= 11 is 0. The number of carboxylic acids is 1. The number of halogens is 3. The number of nitrogen functional groups attached to an aromatic ring is 1. The predicted molar refractivity (Wildman–Crippen MR) is 125 cm³/mol. The number of nitrogens with two attached hydrogens (primary N) is 1. The Balaban J connectivity index is 0.000000454. The number of carbonyl (C=O) groups excluding carboxylic acids is 2. The molecule has 0 aromatic heterocycles. The zero-order valence-corrected chi connectivity index (χ0v) is 20.1. The summed E-state index contributed by atoms with van der Waals surface area (Å²) in [6, 6.07) is 17.5. The minimum absolute atomic E-state index is 0.00545. The third-order valence-electron chi connectivity index (χ3n) is 6.93. The van der Waals surface area contributed by atoms with Gasteiger partial charge in [-0.05, 0) is 30.7 Å². The Morgan fingerprint density at radius 2 is 1.67 bits per heavy atom. The minimum atomic E-state index is -5.19. The average Bonchev–Trinajstić information content (AvgIpc) is 2.85. The second-order valence-electron chi connectivity index (χ2n) is 9.31. The Morgan fingerprint density at radius 3 is 2.25 bits per heavy atom. The molecule has 7 nitrogen and oxygen atoms in total. The van der Waals surface area contributed by atoms with Crippen molar-refractivity contribution in [3.8, 4) is 5.75 Å². The van der Waals surface area contributed by atoms with Crippen molar-refractivity contribution >= 4 is 17.6 Å². The van der Waals surface area contributed by atoms with Crippen molar-refractivity contribution in [1.82, 2.24) is 0 Å². The van der Waals surface area contributed by atoms with Crippen LogP contribution in [0.3, 0.4) is 0 Å². The number of carbonyl (C=O) groups is 2. The zero-order chi connectivity index (χ0) is 26.3. The number of quaternary nitrogens is 1. The van der Waals surface area contributed by atoms with Gasteiger partial charge in [-0.3, -0.25) is 4.79 Å². The molecule has 5 rings (SSSR count). The third-order valence-corrected chi connectivity index (χ3v) is 6.93. The van der Waals surface area contributed by atoms with Gasteiger partial charge in [-0.2, -0.15) is 13.2 Å². The molecule has 0 unspecified atom stereocenters. The topological polar surface area (TPSA) is 102 Å². The summed E-state index contributed by atoms with van der Waals surface area (Å²) in [6.07, 6.45) is -2.97. The number of ether oxygens (including phenoxy) is 2. The van der Waals surface area contributed by atoms with Crippen molar-refractivity contribution in [2.45, 2.75) is 38.0 Å². The lowest BCUT2D eigenvalue weighted by molar-refractivity contribution is -0.946. The lowest BCUT2D eigenvalue weighted by Crippen LogP contribution is -2.65. The number of hydrogen-bond donors (Lipinski definition) is 1. The molecule has 0 radical (unpaired) electrons. The number of benzene rings is 2. The number of rotatable bonds is 7. The second-order valence-corrected chi connectivity index (χ2v) is 9.31. The molecule has 3 saturated heterocycles. The molecule has 2 aromatic carbocycles. The van der Waals surface area contributed by atoms with Gasteiger partial charge in [-0.25, -0.2) is 0 Å². The molecule has 2 atom stereocenters. The lowest BCUT2D eigenvalue weighted by Gasteiger charge is -2.52. The Kier molecular flexibility index (Phi) is 8.84. The summed E-state index contributed by atoms with van der Waals surface area (Å²) in [6.45, 7) is 6.72. The monoisotopic (exact) mass is 508 g/mol. The van der Waals surface area contributed by atoms with Crippen LogP contribution < -0.4 is 15.6 Å². The van der Waals surface area contributed by atoms with Gasteiger partial charge in [0, 0.05) is 24.4 Å². The van der Waals surface area contributed by atoms with E-state index in [1.54, 1.807) is 0 Å². The van der Waals surface area contributed by atoms with Gasteiger partial charge in [0.2, 0.25) is 0 Å². The van der Waals surface area contributed by atoms with Crippen LogP contribution in [0.4, 0.5) is 18.9 Å². The van der Waals surface area contributed by atoms with Crippen LogP contribution in [0.2, 0.25) is 0 Å². The van der Waals surface area contributed by atoms with Gasteiger partial charge >= 0.3 is 12.1 Å². The van der Waals surface area contributed by atoms with Crippen LogP contribution in [-0.4, -0.2) is 61.5 Å². The highest BCUT2D eigenvalue weighted by Crippen LogP contribution is 2.36. The molecule has 0 spiro atoms. The molecule has 196 valence electrons. The van der Waals surface area contributed by atoms with Crippen LogP contribution in [0, 0.1) is 5.92 Å². The van der Waals surface area contributed by atoms with Gasteiger partial charge in [0.15, 0.2) is 6.10 Å². The first kappa shape index (κ1) is 27.3. The number of nitrogens with zero attached hydrogens (tertiary/aromatic N) is 1. The molecule has 3 aliphatic heterocycles. The highest BCUT2D eigenvalue weighted by Gasteiger charge is 2.47. The van der Waals surface area contributed by atoms with E-state index in [9.17, 15) is 18.0 Å². The molecule has 0 aliphatic carbocycles. The Labute approximate surface area is 208 Å². The van der Waals surface area contributed by atoms with Crippen LogP contribution in [0.5, 0.6) is 5.75 Å². The van der Waals surface area contributed by atoms with E-state index in [1.807, 2.05) is 61.5 Å². The van der Waals surface area contributed by atoms with Crippen LogP contribution in [0.1, 0.15) is 31.2 Å². The first-order chi connectivity index (χ1) is 17.0. The van der Waals surface area contributed by atoms with Crippen molar-refractivity contribution in [2.75, 3.05) is 38.5 Å². The Bertz CT molecular complexity index is 1020. The zero-order valence-electron chi connectivity index (χ0n) is 20.1. The van der Waals surface area contributed by atoms with Crippen LogP contribution >= 0.6 is 0 Å². The van der Waals surface area contributed by atoms with Crippen molar-refractivity contribution < 1.29 is 41.8 Å². The third kappa shape index (κ3) is 7.13. The number of fused-ring (bicyclic) bond motifs is 3. The number of carboxylic acid groups (broad SMARTS) is 1. The van der Waals surface area contributed by atoms with Crippen molar-refractivity contribution in [1.29, 1.82) is 0 Å². The molecule has 0 amide bonds. The van der Waals surface area contributed by atoms with Gasteiger partial charge in [-0.15, -0.1) is 0 Å². The maximum absolute atomic E-state index is 12.8. The molecule has 2 bridgehead atoms. The summed E-state index contributed by atoms with van der Waals surface area (Å²) in [5, 5.41) is 8.78. The van der Waals surface area contributed by atoms with E-state index >= 15 is 0 Å². The largest absolute Gasteiger partial charge is 0.542 e. The first-order valence-corrected chi connectivity index (χ1v) is 11.9. The molecule has 2 N–H and O–H groups in total. The summed E-state index contributed by atoms with van der Waals surface area (Å²) < 4.78 is 44.5. The minimum Gasteiger partial charge on any atom is -0.542 e. The quantitative estimate of drug-likeness (QED) is 0.351. The molecule has 0 saturated carbocycles.